The van der Waals surface area contributed by atoms with Crippen LogP contribution in [0.25, 0.3) is 0 Å². The van der Waals surface area contributed by atoms with Crippen LogP contribution in [-0.2, 0) is 14.8 Å². The summed E-state index contributed by atoms with van der Waals surface area (Å²) in [5.74, 6) is -2.02. The number of benzene rings is 1. The van der Waals surface area contributed by atoms with Gasteiger partial charge >= 0.3 is 5.97 Å². The third-order valence-corrected chi connectivity index (χ3v) is 4.12. The molecule has 112 valence electrons. The standard InChI is InChI=1S/C12H16FNO5S/c1-12(2,11(15)16)7-14-20(17,18)8-4-5-10(19-3)9(13)6-8/h4-6,14H,7H2,1-3H3,(H,15,16). The number of carboxylic acids is 1. The van der Waals surface area contributed by atoms with Crippen LogP contribution in [0.5, 0.6) is 5.75 Å². The van der Waals surface area contributed by atoms with Crippen molar-refractivity contribution in [3.63, 3.8) is 0 Å². The summed E-state index contributed by atoms with van der Waals surface area (Å²) >= 11 is 0. The topological polar surface area (TPSA) is 92.7 Å². The second-order valence-corrected chi connectivity index (χ2v) is 6.58. The van der Waals surface area contributed by atoms with Crippen molar-refractivity contribution in [1.29, 1.82) is 0 Å². The molecule has 8 heteroatoms. The van der Waals surface area contributed by atoms with Gasteiger partial charge in [0.05, 0.1) is 17.4 Å². The molecule has 0 radical (unpaired) electrons. The first-order chi connectivity index (χ1) is 9.10. The zero-order chi connectivity index (χ0) is 15.6. The van der Waals surface area contributed by atoms with Crippen LogP contribution in [0.2, 0.25) is 0 Å². The molecule has 0 aliphatic carbocycles. The van der Waals surface area contributed by atoms with Gasteiger partial charge in [0, 0.05) is 6.54 Å². The van der Waals surface area contributed by atoms with Crippen LogP contribution in [0.4, 0.5) is 4.39 Å². The molecule has 0 bridgehead atoms. The third-order valence-electron chi connectivity index (χ3n) is 2.72. The van der Waals surface area contributed by atoms with Crippen LogP contribution < -0.4 is 9.46 Å². The molecule has 0 heterocycles. The number of nitrogens with one attached hydrogen (secondary N) is 1. The van der Waals surface area contributed by atoms with Crippen molar-refractivity contribution in [3.8, 4) is 5.75 Å². The first-order valence-corrected chi connectivity index (χ1v) is 7.15. The van der Waals surface area contributed by atoms with Gasteiger partial charge in [0.2, 0.25) is 10.0 Å². The van der Waals surface area contributed by atoms with Crippen LogP contribution in [0.15, 0.2) is 23.1 Å². The summed E-state index contributed by atoms with van der Waals surface area (Å²) < 4.78 is 44.2. The fourth-order valence-corrected chi connectivity index (χ4v) is 2.47. The summed E-state index contributed by atoms with van der Waals surface area (Å²) in [4.78, 5) is 10.6. The maximum Gasteiger partial charge on any atom is 0.310 e. The molecule has 0 aliphatic heterocycles. The van der Waals surface area contributed by atoms with Crippen LogP contribution in [0.3, 0.4) is 0 Å². The molecule has 0 spiro atoms. The average molecular weight is 305 g/mol. The van der Waals surface area contributed by atoms with Gasteiger partial charge in [-0.15, -0.1) is 0 Å². The Bertz CT molecular complexity index is 612. The predicted molar refractivity (Wildman–Crippen MR) is 69.6 cm³/mol. The van der Waals surface area contributed by atoms with Crippen molar-refractivity contribution >= 4 is 16.0 Å². The summed E-state index contributed by atoms with van der Waals surface area (Å²) in [5, 5.41) is 8.91. The lowest BCUT2D eigenvalue weighted by Crippen LogP contribution is -2.38. The SMILES string of the molecule is COc1ccc(S(=O)(=O)NCC(C)(C)C(=O)O)cc1F. The zero-order valence-corrected chi connectivity index (χ0v) is 12.1. The van der Waals surface area contributed by atoms with E-state index < -0.39 is 27.2 Å². The highest BCUT2D eigenvalue weighted by Crippen LogP contribution is 2.21. The van der Waals surface area contributed by atoms with Gasteiger partial charge < -0.3 is 9.84 Å². The Hall–Kier alpha value is -1.67. The molecule has 2 N–H and O–H groups in total. The summed E-state index contributed by atoms with van der Waals surface area (Å²) in [5.41, 5.74) is -1.27. The molecular formula is C12H16FNO5S. The smallest absolute Gasteiger partial charge is 0.310 e. The van der Waals surface area contributed by atoms with Crippen molar-refractivity contribution in [2.24, 2.45) is 5.41 Å². The lowest BCUT2D eigenvalue weighted by molar-refractivity contribution is -0.146. The molecule has 6 nitrogen and oxygen atoms in total. The van der Waals surface area contributed by atoms with E-state index >= 15 is 0 Å². The number of sulfonamides is 1. The number of hydrogen-bond donors (Lipinski definition) is 2. The fourth-order valence-electron chi connectivity index (χ4n) is 1.25. The van der Waals surface area contributed by atoms with E-state index in [1.165, 1.54) is 33.1 Å². The van der Waals surface area contributed by atoms with E-state index in [1.807, 2.05) is 0 Å². The molecular weight excluding hydrogens is 289 g/mol. The Kier molecular flexibility index (Phi) is 4.72. The molecule has 0 aromatic heterocycles. The summed E-state index contributed by atoms with van der Waals surface area (Å²) in [7, 11) is -2.72. The Balaban J connectivity index is 2.95. The van der Waals surface area contributed by atoms with E-state index in [0.717, 1.165) is 6.07 Å². The molecule has 1 aromatic rings. The number of hydrogen-bond acceptors (Lipinski definition) is 4. The number of ether oxygens (including phenoxy) is 1. The molecule has 0 saturated heterocycles. The van der Waals surface area contributed by atoms with Crippen molar-refractivity contribution in [2.45, 2.75) is 18.7 Å². The van der Waals surface area contributed by atoms with E-state index in [1.54, 1.807) is 0 Å². The van der Waals surface area contributed by atoms with Gasteiger partial charge in [0.25, 0.3) is 0 Å². The van der Waals surface area contributed by atoms with E-state index in [0.29, 0.717) is 0 Å². The van der Waals surface area contributed by atoms with E-state index in [9.17, 15) is 17.6 Å². The maximum absolute atomic E-state index is 13.5. The number of rotatable bonds is 6. The normalized spacial score (nSPS) is 12.2. The highest BCUT2D eigenvalue weighted by Gasteiger charge is 2.29. The van der Waals surface area contributed by atoms with Gasteiger partial charge in [-0.2, -0.15) is 0 Å². The van der Waals surface area contributed by atoms with Crippen LogP contribution in [0, 0.1) is 11.2 Å². The van der Waals surface area contributed by atoms with E-state index in [4.69, 9.17) is 9.84 Å². The van der Waals surface area contributed by atoms with E-state index in [2.05, 4.69) is 4.72 Å². The van der Waals surface area contributed by atoms with E-state index in [-0.39, 0.29) is 17.2 Å². The first kappa shape index (κ1) is 16.4. The molecule has 1 aromatic carbocycles. The molecule has 0 aliphatic rings. The lowest BCUT2D eigenvalue weighted by atomic mass is 9.95. The summed E-state index contributed by atoms with van der Waals surface area (Å²) in [6, 6.07) is 3.18. The Morgan fingerprint density at radius 3 is 2.50 bits per heavy atom. The first-order valence-electron chi connectivity index (χ1n) is 5.67. The summed E-state index contributed by atoms with van der Waals surface area (Å²) in [6.45, 7) is 2.46. The van der Waals surface area contributed by atoms with Crippen molar-refractivity contribution < 1.29 is 27.4 Å². The second-order valence-electron chi connectivity index (χ2n) is 4.81. The molecule has 0 saturated carbocycles. The van der Waals surface area contributed by atoms with Gasteiger partial charge in [-0.25, -0.2) is 17.5 Å². The predicted octanol–water partition coefficient (Wildman–Crippen LogP) is 1.22. The van der Waals surface area contributed by atoms with Crippen molar-refractivity contribution in [2.75, 3.05) is 13.7 Å². The number of carbonyl (C=O) groups is 1. The van der Waals surface area contributed by atoms with Gasteiger partial charge in [-0.05, 0) is 32.0 Å². The molecule has 20 heavy (non-hydrogen) atoms. The Labute approximate surface area is 116 Å². The van der Waals surface area contributed by atoms with Gasteiger partial charge in [0.1, 0.15) is 0 Å². The molecule has 0 atom stereocenters. The Morgan fingerprint density at radius 2 is 2.05 bits per heavy atom. The maximum atomic E-state index is 13.5. The largest absolute Gasteiger partial charge is 0.494 e. The van der Waals surface area contributed by atoms with Gasteiger partial charge in [0.15, 0.2) is 11.6 Å². The van der Waals surface area contributed by atoms with Gasteiger partial charge in [-0.3, -0.25) is 4.79 Å². The highest BCUT2D eigenvalue weighted by molar-refractivity contribution is 7.89. The number of carboxylic acid groups (broad SMARTS) is 1. The monoisotopic (exact) mass is 305 g/mol. The minimum absolute atomic E-state index is 0.0742. The van der Waals surface area contributed by atoms with Crippen LogP contribution >= 0.6 is 0 Å². The molecule has 0 unspecified atom stereocenters. The van der Waals surface area contributed by atoms with Gasteiger partial charge in [-0.1, -0.05) is 0 Å². The highest BCUT2D eigenvalue weighted by atomic mass is 32.2. The fraction of sp³-hybridized carbons (Fsp3) is 0.417. The molecule has 1 rings (SSSR count). The quantitative estimate of drug-likeness (QED) is 0.824. The Morgan fingerprint density at radius 1 is 1.45 bits per heavy atom. The lowest BCUT2D eigenvalue weighted by Gasteiger charge is -2.19. The van der Waals surface area contributed by atoms with Crippen molar-refractivity contribution in [3.05, 3.63) is 24.0 Å². The van der Waals surface area contributed by atoms with Crippen LogP contribution in [0.1, 0.15) is 13.8 Å². The third kappa shape index (κ3) is 3.67. The van der Waals surface area contributed by atoms with Crippen molar-refractivity contribution in [1.82, 2.24) is 4.72 Å². The average Bonchev–Trinajstić information content (AvgIpc) is 2.36. The molecule has 0 fully saturated rings. The van der Waals surface area contributed by atoms with Crippen LogP contribution in [-0.4, -0.2) is 33.1 Å². The zero-order valence-electron chi connectivity index (χ0n) is 11.3. The summed E-state index contributed by atoms with van der Waals surface area (Å²) in [6.07, 6.45) is 0. The minimum atomic E-state index is -3.98. The number of halogens is 1. The number of methoxy groups -OCH3 is 1. The minimum Gasteiger partial charge on any atom is -0.494 e. The second kappa shape index (κ2) is 5.76. The number of aliphatic carboxylic acids is 1. The molecule has 0 amide bonds.